The fourth-order valence-corrected chi connectivity index (χ4v) is 3.70. The van der Waals surface area contributed by atoms with Crippen LogP contribution in [0.3, 0.4) is 0 Å². The Hall–Kier alpha value is -4.21. The number of rotatable bonds is 5. The summed E-state index contributed by atoms with van der Waals surface area (Å²) in [6, 6.07) is 8.19. The number of alkyl halides is 6. The van der Waals surface area contributed by atoms with Crippen molar-refractivity contribution in [3.63, 3.8) is 0 Å². The molecule has 7 nitrogen and oxygen atoms in total. The van der Waals surface area contributed by atoms with Crippen LogP contribution in [0, 0.1) is 22.2 Å². The van der Waals surface area contributed by atoms with Crippen molar-refractivity contribution in [2.75, 3.05) is 5.32 Å². The molecule has 3 rings (SSSR count). The van der Waals surface area contributed by atoms with Gasteiger partial charge in [0.1, 0.15) is 0 Å². The molecule has 1 aliphatic rings. The molecule has 0 aromatic heterocycles. The number of carbonyl (C=O) groups excluding carboxylic acids is 2. The molecule has 0 fully saturated rings. The molecule has 188 valence electrons. The van der Waals surface area contributed by atoms with Gasteiger partial charge in [-0.2, -0.15) is 31.6 Å². The number of benzene rings is 2. The van der Waals surface area contributed by atoms with Gasteiger partial charge in [0.2, 0.25) is 0 Å². The number of hydrogen-bond acceptors (Lipinski definition) is 5. The van der Waals surface area contributed by atoms with Crippen molar-refractivity contribution in [3.05, 3.63) is 81.4 Å². The van der Waals surface area contributed by atoms with E-state index in [-0.39, 0.29) is 16.8 Å². The highest BCUT2D eigenvalue weighted by atomic mass is 19.4. The molecule has 2 unspecified atom stereocenters. The van der Waals surface area contributed by atoms with Crippen LogP contribution in [-0.2, 0) is 11.0 Å². The Labute approximate surface area is 199 Å². The lowest BCUT2D eigenvalue weighted by molar-refractivity contribution is -0.179. The van der Waals surface area contributed by atoms with Gasteiger partial charge >= 0.3 is 18.4 Å². The molecule has 1 aliphatic carbocycles. The van der Waals surface area contributed by atoms with E-state index in [1.54, 1.807) is 0 Å². The molecule has 2 aromatic rings. The summed E-state index contributed by atoms with van der Waals surface area (Å²) >= 11 is 0. The predicted octanol–water partition coefficient (Wildman–Crippen LogP) is 6.00. The first-order valence-corrected chi connectivity index (χ1v) is 10.2. The summed E-state index contributed by atoms with van der Waals surface area (Å²) in [6.45, 7) is 0. The zero-order valence-corrected chi connectivity index (χ0v) is 18.1. The van der Waals surface area contributed by atoms with Crippen molar-refractivity contribution in [1.82, 2.24) is 5.32 Å². The molecule has 0 bridgehead atoms. The number of halogens is 6. The summed E-state index contributed by atoms with van der Waals surface area (Å²) in [5, 5.41) is 16.1. The third-order valence-electron chi connectivity index (χ3n) is 5.44. The summed E-state index contributed by atoms with van der Waals surface area (Å²) in [6.07, 6.45) is -11.3. The summed E-state index contributed by atoms with van der Waals surface area (Å²) in [5.41, 5.74) is -2.16. The van der Waals surface area contributed by atoms with Crippen LogP contribution in [0.5, 0.6) is 0 Å². The maximum atomic E-state index is 13.2. The fraction of sp³-hybridized carbons (Fsp3) is 0.261. The first kappa shape index (κ1) is 26.4. The molecular formula is C23H16F6N4O3. The molecule has 2 amide bonds. The molecule has 0 heterocycles. The number of Topliss-reactive ketones (excluding diaryl/α,β-unsaturated/α-hetero) is 1. The number of hydrogen-bond donors (Lipinski definition) is 2. The molecule has 2 aromatic carbocycles. The average Bonchev–Trinajstić information content (AvgIpc) is 2.81. The summed E-state index contributed by atoms with van der Waals surface area (Å²) in [7, 11) is 0. The molecule has 0 aliphatic heterocycles. The van der Waals surface area contributed by atoms with Crippen LogP contribution in [0.15, 0.2) is 65.0 Å². The lowest BCUT2D eigenvalue weighted by Gasteiger charge is -2.29. The number of nitrogens with one attached hydrogen (secondary N) is 2. The van der Waals surface area contributed by atoms with Crippen molar-refractivity contribution < 1.29 is 35.9 Å². The van der Waals surface area contributed by atoms with Crippen molar-refractivity contribution >= 4 is 17.5 Å². The van der Waals surface area contributed by atoms with E-state index in [0.717, 1.165) is 12.1 Å². The third kappa shape index (κ3) is 6.07. The zero-order chi connectivity index (χ0) is 26.7. The van der Waals surface area contributed by atoms with Gasteiger partial charge in [-0.15, -0.1) is 4.91 Å². The topological polar surface area (TPSA) is 111 Å². The molecule has 0 spiro atoms. The van der Waals surface area contributed by atoms with E-state index >= 15 is 0 Å². The van der Waals surface area contributed by atoms with Gasteiger partial charge in [-0.25, -0.2) is 4.79 Å². The van der Waals surface area contributed by atoms with Crippen LogP contribution < -0.4 is 10.6 Å². The second-order valence-corrected chi connectivity index (χ2v) is 7.87. The van der Waals surface area contributed by atoms with E-state index in [9.17, 15) is 40.8 Å². The van der Waals surface area contributed by atoms with Crippen LogP contribution in [0.1, 0.15) is 35.6 Å². The van der Waals surface area contributed by atoms with Crippen LogP contribution >= 0.6 is 0 Å². The van der Waals surface area contributed by atoms with Gasteiger partial charge in [0, 0.05) is 24.1 Å². The Morgan fingerprint density at radius 3 is 2.28 bits per heavy atom. The molecule has 2 atom stereocenters. The number of carbonyl (C=O) groups is 2. The van der Waals surface area contributed by atoms with Crippen LogP contribution in [0.2, 0.25) is 0 Å². The number of allylic oxidation sites excluding steroid dienone is 1. The van der Waals surface area contributed by atoms with E-state index in [4.69, 9.17) is 5.26 Å². The van der Waals surface area contributed by atoms with Gasteiger partial charge in [-0.05, 0) is 41.1 Å². The summed E-state index contributed by atoms with van der Waals surface area (Å²) < 4.78 is 78.6. The molecule has 13 heteroatoms. The Morgan fingerprint density at radius 2 is 1.72 bits per heavy atom. The Bertz CT molecular complexity index is 1250. The Balaban J connectivity index is 1.98. The van der Waals surface area contributed by atoms with Crippen molar-refractivity contribution in [2.45, 2.75) is 31.2 Å². The standard InChI is InChI=1S/C23H16F6N4O3/c24-22(25,26)14-2-1-3-16(8-14)31-21(35)32-20(13-6-4-12(11-30)5-7-13)19-17(33-36)9-15(10-18(19)34)23(27,28)29/h1-8,15,20H,9-10H2,(H2,31,32,35). The minimum atomic E-state index is -4.77. The predicted molar refractivity (Wildman–Crippen MR) is 114 cm³/mol. The van der Waals surface area contributed by atoms with Gasteiger partial charge in [0.05, 0.1) is 34.9 Å². The highest BCUT2D eigenvalue weighted by molar-refractivity contribution is 6.00. The number of ketones is 1. The van der Waals surface area contributed by atoms with E-state index in [1.165, 1.54) is 30.3 Å². The number of amides is 2. The van der Waals surface area contributed by atoms with E-state index in [2.05, 4.69) is 15.8 Å². The monoisotopic (exact) mass is 510 g/mol. The minimum Gasteiger partial charge on any atom is -0.327 e. The third-order valence-corrected chi connectivity index (χ3v) is 5.44. The smallest absolute Gasteiger partial charge is 0.327 e. The lowest BCUT2D eigenvalue weighted by Crippen LogP contribution is -2.38. The first-order chi connectivity index (χ1) is 16.8. The first-order valence-electron chi connectivity index (χ1n) is 10.2. The van der Waals surface area contributed by atoms with Crippen molar-refractivity contribution in [2.24, 2.45) is 11.1 Å². The van der Waals surface area contributed by atoms with Gasteiger partial charge in [-0.1, -0.05) is 18.2 Å². The second kappa shape index (κ2) is 10.2. The Morgan fingerprint density at radius 1 is 1.06 bits per heavy atom. The average molecular weight is 510 g/mol. The zero-order valence-electron chi connectivity index (χ0n) is 18.1. The maximum absolute atomic E-state index is 13.2. The van der Waals surface area contributed by atoms with E-state index in [1.807, 2.05) is 6.07 Å². The maximum Gasteiger partial charge on any atom is 0.416 e. The summed E-state index contributed by atoms with van der Waals surface area (Å²) in [5.74, 6) is -3.21. The molecule has 0 radical (unpaired) electrons. The van der Waals surface area contributed by atoms with Crippen LogP contribution in [0.25, 0.3) is 0 Å². The van der Waals surface area contributed by atoms with Gasteiger partial charge < -0.3 is 10.6 Å². The number of urea groups is 1. The van der Waals surface area contributed by atoms with Gasteiger partial charge in [0.25, 0.3) is 0 Å². The Kier molecular flexibility index (Phi) is 7.47. The molecule has 0 saturated carbocycles. The fourth-order valence-electron chi connectivity index (χ4n) is 3.70. The van der Waals surface area contributed by atoms with Gasteiger partial charge in [0.15, 0.2) is 5.78 Å². The quantitative estimate of drug-likeness (QED) is 0.380. The van der Waals surface area contributed by atoms with Crippen molar-refractivity contribution in [3.8, 4) is 6.07 Å². The SMILES string of the molecule is N#Cc1ccc(C(NC(=O)Nc2cccc(C(F)(F)F)c2)C2=C(N=O)CC(C(F)(F)F)CC2=O)cc1. The van der Waals surface area contributed by atoms with Gasteiger partial charge in [-0.3, -0.25) is 4.79 Å². The summed E-state index contributed by atoms with van der Waals surface area (Å²) in [4.78, 5) is 36.8. The van der Waals surface area contributed by atoms with Crippen LogP contribution in [-0.4, -0.2) is 18.0 Å². The van der Waals surface area contributed by atoms with E-state index in [0.29, 0.717) is 6.07 Å². The largest absolute Gasteiger partial charge is 0.416 e. The number of nitrogens with zero attached hydrogens (tertiary/aromatic N) is 2. The highest BCUT2D eigenvalue weighted by Crippen LogP contribution is 2.42. The van der Waals surface area contributed by atoms with Crippen LogP contribution in [0.4, 0.5) is 36.8 Å². The highest BCUT2D eigenvalue weighted by Gasteiger charge is 2.46. The number of nitriles is 1. The molecule has 2 N–H and O–H groups in total. The lowest BCUT2D eigenvalue weighted by atomic mass is 9.81. The normalized spacial score (nSPS) is 17.2. The molecule has 0 saturated heterocycles. The van der Waals surface area contributed by atoms with Crippen molar-refractivity contribution in [1.29, 1.82) is 5.26 Å². The second-order valence-electron chi connectivity index (χ2n) is 7.87. The van der Waals surface area contributed by atoms with E-state index < -0.39 is 65.8 Å². The minimum absolute atomic E-state index is 0.128. The molecule has 36 heavy (non-hydrogen) atoms. The molecular weight excluding hydrogens is 494 g/mol. The number of anilines is 1. The number of nitroso groups, excluding NO2 is 1.